The Bertz CT molecular complexity index is 600. The molecule has 0 unspecified atom stereocenters. The van der Waals surface area contributed by atoms with Crippen LogP contribution in [0, 0.1) is 11.3 Å². The molecule has 0 amide bonds. The minimum Gasteiger partial charge on any atom is -0.481 e. The molecular formula is C28H51NO2. The predicted molar refractivity (Wildman–Crippen MR) is 142 cm³/mol. The van der Waals surface area contributed by atoms with Crippen LogP contribution in [0.2, 0.25) is 0 Å². The van der Waals surface area contributed by atoms with Gasteiger partial charge in [-0.3, -0.25) is 4.79 Å². The van der Waals surface area contributed by atoms with Gasteiger partial charge in [0.15, 0.2) is 0 Å². The lowest BCUT2D eigenvalue weighted by Gasteiger charge is -2.18. The molecule has 0 aliphatic rings. The number of carboxylic acids is 1. The standard InChI is InChI=1S/C10H12O2.C8H7N.4C2H6.2CH4/c1-10(2,9(11)12)8-6-4-3-5-7-8;9-7-6-8-4-2-1-3-5-8;4*1-2;;/h3-7H,1-2H3,(H,11,12);1-5H,6H2;4*1-2H3;2*1H4. The van der Waals surface area contributed by atoms with E-state index in [1.165, 1.54) is 0 Å². The Hall–Kier alpha value is -2.60. The monoisotopic (exact) mass is 433 g/mol. The summed E-state index contributed by atoms with van der Waals surface area (Å²) in [5.74, 6) is -0.797. The number of nitrogens with zero attached hydrogens (tertiary/aromatic N) is 1. The molecule has 31 heavy (non-hydrogen) atoms. The van der Waals surface area contributed by atoms with Crippen molar-refractivity contribution in [2.75, 3.05) is 0 Å². The van der Waals surface area contributed by atoms with Crippen molar-refractivity contribution in [3.8, 4) is 6.07 Å². The smallest absolute Gasteiger partial charge is 0.313 e. The van der Waals surface area contributed by atoms with Crippen molar-refractivity contribution < 1.29 is 9.90 Å². The van der Waals surface area contributed by atoms with Crippen LogP contribution in [0.25, 0.3) is 0 Å². The molecule has 2 aromatic carbocycles. The van der Waals surface area contributed by atoms with Gasteiger partial charge in [-0.2, -0.15) is 5.26 Å². The number of aliphatic carboxylic acids is 1. The summed E-state index contributed by atoms with van der Waals surface area (Å²) in [5, 5.41) is 17.2. The summed E-state index contributed by atoms with van der Waals surface area (Å²) in [7, 11) is 0. The highest BCUT2D eigenvalue weighted by atomic mass is 16.4. The second-order valence-corrected chi connectivity index (χ2v) is 5.12. The highest BCUT2D eigenvalue weighted by Gasteiger charge is 2.28. The maximum Gasteiger partial charge on any atom is 0.313 e. The molecule has 2 rings (SSSR count). The van der Waals surface area contributed by atoms with E-state index in [1.54, 1.807) is 13.8 Å². The highest BCUT2D eigenvalue weighted by Crippen LogP contribution is 2.22. The molecule has 2 aromatic rings. The lowest BCUT2D eigenvalue weighted by atomic mass is 9.85. The molecule has 0 spiro atoms. The molecule has 0 aromatic heterocycles. The molecule has 0 saturated carbocycles. The van der Waals surface area contributed by atoms with Crippen LogP contribution in [0.15, 0.2) is 60.7 Å². The molecule has 3 heteroatoms. The summed E-state index contributed by atoms with van der Waals surface area (Å²) in [5.41, 5.74) is 1.12. The van der Waals surface area contributed by atoms with E-state index in [0.29, 0.717) is 6.42 Å². The number of benzene rings is 2. The van der Waals surface area contributed by atoms with Crippen LogP contribution in [0.3, 0.4) is 0 Å². The van der Waals surface area contributed by atoms with Crippen LogP contribution in [-0.4, -0.2) is 11.1 Å². The molecule has 3 nitrogen and oxygen atoms in total. The average Bonchev–Trinajstić information content (AvgIpc) is 2.81. The number of rotatable bonds is 3. The normalized spacial score (nSPS) is 7.52. The van der Waals surface area contributed by atoms with Crippen LogP contribution < -0.4 is 0 Å². The largest absolute Gasteiger partial charge is 0.481 e. The van der Waals surface area contributed by atoms with Crippen molar-refractivity contribution in [2.24, 2.45) is 0 Å². The third kappa shape index (κ3) is 21.9. The third-order valence-corrected chi connectivity index (χ3v) is 3.16. The fourth-order valence-corrected chi connectivity index (χ4v) is 1.67. The van der Waals surface area contributed by atoms with Crippen LogP contribution in [0.5, 0.6) is 0 Å². The fraction of sp³-hybridized carbons (Fsp3) is 0.500. The van der Waals surface area contributed by atoms with E-state index in [-0.39, 0.29) is 14.9 Å². The molecule has 0 bridgehead atoms. The summed E-state index contributed by atoms with van der Waals surface area (Å²) in [4.78, 5) is 10.8. The zero-order chi connectivity index (χ0) is 23.7. The third-order valence-electron chi connectivity index (χ3n) is 3.16. The molecule has 0 heterocycles. The maximum absolute atomic E-state index is 10.8. The summed E-state index contributed by atoms with van der Waals surface area (Å²) in [6, 6.07) is 21.0. The Morgan fingerprint density at radius 1 is 0.774 bits per heavy atom. The van der Waals surface area contributed by atoms with E-state index >= 15 is 0 Å². The number of carboxylic acid groups (broad SMARTS) is 1. The van der Waals surface area contributed by atoms with Crippen LogP contribution >= 0.6 is 0 Å². The fourth-order valence-electron chi connectivity index (χ4n) is 1.67. The highest BCUT2D eigenvalue weighted by molar-refractivity contribution is 5.80. The van der Waals surface area contributed by atoms with E-state index in [4.69, 9.17) is 10.4 Å². The summed E-state index contributed by atoms with van der Waals surface area (Å²) in [6.45, 7) is 19.4. The van der Waals surface area contributed by atoms with E-state index in [0.717, 1.165) is 11.1 Å². The minimum atomic E-state index is -0.797. The number of hydrogen-bond donors (Lipinski definition) is 1. The van der Waals surface area contributed by atoms with Crippen molar-refractivity contribution in [3.63, 3.8) is 0 Å². The van der Waals surface area contributed by atoms with Crippen molar-refractivity contribution in [2.45, 2.75) is 95.9 Å². The van der Waals surface area contributed by atoms with Gasteiger partial charge >= 0.3 is 5.97 Å². The molecule has 1 N–H and O–H groups in total. The summed E-state index contributed by atoms with van der Waals surface area (Å²) >= 11 is 0. The van der Waals surface area contributed by atoms with E-state index in [2.05, 4.69) is 6.07 Å². The first-order valence-corrected chi connectivity index (χ1v) is 10.7. The van der Waals surface area contributed by atoms with Crippen molar-refractivity contribution in [1.29, 1.82) is 5.26 Å². The van der Waals surface area contributed by atoms with Gasteiger partial charge < -0.3 is 5.11 Å². The van der Waals surface area contributed by atoms with Gasteiger partial charge in [0.2, 0.25) is 0 Å². The van der Waals surface area contributed by atoms with E-state index < -0.39 is 11.4 Å². The first-order valence-electron chi connectivity index (χ1n) is 10.7. The van der Waals surface area contributed by atoms with Gasteiger partial charge in [-0.05, 0) is 25.0 Å². The van der Waals surface area contributed by atoms with Crippen molar-refractivity contribution in [3.05, 3.63) is 71.8 Å². The van der Waals surface area contributed by atoms with Gasteiger partial charge in [0.25, 0.3) is 0 Å². The Kier molecular flexibility index (Phi) is 44.0. The van der Waals surface area contributed by atoms with Gasteiger partial charge in [0.1, 0.15) is 0 Å². The van der Waals surface area contributed by atoms with Gasteiger partial charge in [0.05, 0.1) is 17.9 Å². The Morgan fingerprint density at radius 3 is 1.39 bits per heavy atom. The summed E-state index contributed by atoms with van der Waals surface area (Å²) in [6.07, 6.45) is 0.515. The lowest BCUT2D eigenvalue weighted by molar-refractivity contribution is -0.142. The van der Waals surface area contributed by atoms with Crippen LogP contribution in [0.1, 0.15) is 95.2 Å². The SMILES string of the molecule is C.C.CC.CC.CC.CC.CC(C)(C(=O)O)c1ccccc1.N#CCc1ccccc1. The van der Waals surface area contributed by atoms with Crippen molar-refractivity contribution >= 4 is 5.97 Å². The van der Waals surface area contributed by atoms with Gasteiger partial charge in [0, 0.05) is 0 Å². The molecule has 0 atom stereocenters. The molecule has 0 radical (unpaired) electrons. The Labute approximate surface area is 195 Å². The maximum atomic E-state index is 10.8. The van der Waals surface area contributed by atoms with E-state index in [9.17, 15) is 4.79 Å². The van der Waals surface area contributed by atoms with Gasteiger partial charge in [-0.1, -0.05) is 131 Å². The molecule has 180 valence electrons. The quantitative estimate of drug-likeness (QED) is 0.524. The van der Waals surface area contributed by atoms with Crippen LogP contribution in [0.4, 0.5) is 0 Å². The minimum absolute atomic E-state index is 0. The van der Waals surface area contributed by atoms with E-state index in [1.807, 2.05) is 116 Å². The first-order chi connectivity index (χ1) is 14.0. The van der Waals surface area contributed by atoms with Gasteiger partial charge in [-0.15, -0.1) is 0 Å². The molecular weight excluding hydrogens is 382 g/mol. The second kappa shape index (κ2) is 32.1. The number of carbonyl (C=O) groups is 1. The van der Waals surface area contributed by atoms with Gasteiger partial charge in [-0.25, -0.2) is 0 Å². The average molecular weight is 434 g/mol. The number of hydrogen-bond acceptors (Lipinski definition) is 2. The summed E-state index contributed by atoms with van der Waals surface area (Å²) < 4.78 is 0. The first kappa shape index (κ1) is 42.5. The molecule has 0 aliphatic carbocycles. The number of nitriles is 1. The molecule has 0 saturated heterocycles. The zero-order valence-corrected chi connectivity index (χ0v) is 20.3. The van der Waals surface area contributed by atoms with Crippen molar-refractivity contribution in [1.82, 2.24) is 0 Å². The topological polar surface area (TPSA) is 61.1 Å². The predicted octanol–water partition coefficient (Wildman–Crippen LogP) is 9.18. The molecule has 0 fully saturated rings. The Balaban J connectivity index is -0.0000000737. The van der Waals surface area contributed by atoms with Crippen LogP contribution in [-0.2, 0) is 16.6 Å². The second-order valence-electron chi connectivity index (χ2n) is 5.12. The lowest BCUT2D eigenvalue weighted by Crippen LogP contribution is -2.28. The zero-order valence-electron chi connectivity index (χ0n) is 20.3. The molecule has 0 aliphatic heterocycles. The Morgan fingerprint density at radius 2 is 1.10 bits per heavy atom.